The summed E-state index contributed by atoms with van der Waals surface area (Å²) in [6, 6.07) is 17.8. The van der Waals surface area contributed by atoms with Gasteiger partial charge in [0.1, 0.15) is 28.9 Å². The van der Waals surface area contributed by atoms with Gasteiger partial charge >= 0.3 is 0 Å². The molecule has 2 aromatic carbocycles. The number of amidine groups is 2. The van der Waals surface area contributed by atoms with Gasteiger partial charge in [-0.2, -0.15) is 15.1 Å². The maximum atomic E-state index is 12.6. The number of rotatable bonds is 5. The number of ether oxygens (including phenoxy) is 1. The van der Waals surface area contributed by atoms with Gasteiger partial charge in [-0.3, -0.25) is 10.2 Å². The smallest absolute Gasteiger partial charge is 0.283 e. The molecule has 2 aliphatic rings. The van der Waals surface area contributed by atoms with Gasteiger partial charge in [-0.25, -0.2) is 0 Å². The second kappa shape index (κ2) is 8.90. The highest BCUT2D eigenvalue weighted by Gasteiger charge is 2.36. The predicted octanol–water partition coefficient (Wildman–Crippen LogP) is 5.95. The number of nitrogens with one attached hydrogen (secondary N) is 1. The van der Waals surface area contributed by atoms with Crippen molar-refractivity contribution in [3.63, 3.8) is 0 Å². The first-order valence-electron chi connectivity index (χ1n) is 9.70. The molecule has 5 rings (SSSR count). The molecular weight excluding hydrogens is 483 g/mol. The average molecular weight is 497 g/mol. The fourth-order valence-corrected chi connectivity index (χ4v) is 4.46. The van der Waals surface area contributed by atoms with Crippen molar-refractivity contribution in [3.05, 3.63) is 82.0 Å². The van der Waals surface area contributed by atoms with Crippen LogP contribution in [-0.4, -0.2) is 33.6 Å². The molecule has 0 saturated carbocycles. The van der Waals surface area contributed by atoms with Crippen molar-refractivity contribution < 1.29 is 13.9 Å². The number of aliphatic imine (C=N–C) groups is 1. The van der Waals surface area contributed by atoms with Gasteiger partial charge in [0.25, 0.3) is 5.91 Å². The van der Waals surface area contributed by atoms with E-state index in [1.54, 1.807) is 30.3 Å². The molecule has 0 aliphatic carbocycles. The number of fused-ring (bicyclic) bond motifs is 1. The summed E-state index contributed by atoms with van der Waals surface area (Å²) in [5, 5.41) is 16.1. The van der Waals surface area contributed by atoms with Crippen molar-refractivity contribution in [3.8, 4) is 17.1 Å². The Morgan fingerprint density at radius 1 is 1.12 bits per heavy atom. The summed E-state index contributed by atoms with van der Waals surface area (Å²) < 4.78 is 11.5. The Morgan fingerprint density at radius 3 is 2.73 bits per heavy atom. The topological polar surface area (TPSA) is 91.2 Å². The average Bonchev–Trinajstić information content (AvgIpc) is 3.43. The van der Waals surface area contributed by atoms with E-state index in [1.807, 2.05) is 30.3 Å². The summed E-state index contributed by atoms with van der Waals surface area (Å²) in [6.45, 7) is 0.202. The molecule has 0 saturated heterocycles. The molecule has 0 fully saturated rings. The molecule has 3 heterocycles. The number of nitrogens with zero attached hydrogens (tertiary/aromatic N) is 3. The van der Waals surface area contributed by atoms with Crippen molar-refractivity contribution in [2.45, 2.75) is 0 Å². The standard InChI is InChI=1S/C23H14Cl2N4O3S/c24-13-6-8-16(18(25)10-13)19-9-7-15(32-19)11-17-21(26)29-23(27-22(17)30)33-20(28-29)12-31-14-4-2-1-3-5-14/h1-11,26H,12H2. The molecule has 0 unspecified atom stereocenters. The first-order chi connectivity index (χ1) is 16.0. The van der Waals surface area contributed by atoms with E-state index in [2.05, 4.69) is 10.1 Å². The molecule has 164 valence electrons. The number of benzene rings is 2. The number of para-hydroxylation sites is 1. The van der Waals surface area contributed by atoms with E-state index in [0.29, 0.717) is 43.1 Å². The lowest BCUT2D eigenvalue weighted by atomic mass is 10.1. The van der Waals surface area contributed by atoms with Crippen molar-refractivity contribution >= 4 is 63.0 Å². The Labute approximate surface area is 202 Å². The number of carbonyl (C=O) groups is 1. The number of hydrogen-bond acceptors (Lipinski definition) is 6. The Bertz CT molecular complexity index is 1370. The van der Waals surface area contributed by atoms with Crippen LogP contribution in [0.25, 0.3) is 17.4 Å². The molecule has 10 heteroatoms. The highest BCUT2D eigenvalue weighted by Crippen LogP contribution is 2.33. The molecule has 0 radical (unpaired) electrons. The van der Waals surface area contributed by atoms with Crippen LogP contribution in [0.15, 0.2) is 80.7 Å². The number of halogens is 2. The van der Waals surface area contributed by atoms with Crippen LogP contribution in [0.2, 0.25) is 10.0 Å². The van der Waals surface area contributed by atoms with Gasteiger partial charge in [-0.05, 0) is 60.3 Å². The van der Waals surface area contributed by atoms with Gasteiger partial charge in [0.15, 0.2) is 5.84 Å². The van der Waals surface area contributed by atoms with E-state index < -0.39 is 5.91 Å². The largest absolute Gasteiger partial charge is 0.487 e. The predicted molar refractivity (Wildman–Crippen MR) is 131 cm³/mol. The minimum atomic E-state index is -0.540. The molecule has 1 amide bonds. The van der Waals surface area contributed by atoms with Gasteiger partial charge in [0.05, 0.1) is 10.6 Å². The fourth-order valence-electron chi connectivity index (χ4n) is 3.16. The summed E-state index contributed by atoms with van der Waals surface area (Å²) in [5.74, 6) is 0.967. The van der Waals surface area contributed by atoms with Gasteiger partial charge < -0.3 is 9.15 Å². The summed E-state index contributed by atoms with van der Waals surface area (Å²) in [5.41, 5.74) is 0.733. The Hall–Kier alpha value is -3.33. The van der Waals surface area contributed by atoms with E-state index in [4.69, 9.17) is 37.8 Å². The minimum absolute atomic E-state index is 0.0661. The monoisotopic (exact) mass is 496 g/mol. The molecule has 0 bridgehead atoms. The molecule has 0 atom stereocenters. The van der Waals surface area contributed by atoms with E-state index in [1.165, 1.54) is 22.8 Å². The lowest BCUT2D eigenvalue weighted by Crippen LogP contribution is -2.35. The molecule has 1 aromatic heterocycles. The van der Waals surface area contributed by atoms with Crippen LogP contribution in [0, 0.1) is 5.41 Å². The normalized spacial score (nSPS) is 16.7. The first-order valence-corrected chi connectivity index (χ1v) is 11.3. The third kappa shape index (κ3) is 4.45. The molecule has 2 aliphatic heterocycles. The van der Waals surface area contributed by atoms with Crippen LogP contribution in [0.5, 0.6) is 5.75 Å². The van der Waals surface area contributed by atoms with Crippen molar-refractivity contribution in [1.82, 2.24) is 5.01 Å². The Kier molecular flexibility index (Phi) is 5.80. The molecule has 3 aromatic rings. The second-order valence-electron chi connectivity index (χ2n) is 6.94. The van der Waals surface area contributed by atoms with E-state index in [-0.39, 0.29) is 18.0 Å². The molecule has 0 spiro atoms. The summed E-state index contributed by atoms with van der Waals surface area (Å²) in [7, 11) is 0. The summed E-state index contributed by atoms with van der Waals surface area (Å²) in [4.78, 5) is 16.7. The zero-order valence-corrected chi connectivity index (χ0v) is 19.1. The molecule has 1 N–H and O–H groups in total. The lowest BCUT2D eigenvalue weighted by molar-refractivity contribution is -0.114. The maximum Gasteiger partial charge on any atom is 0.283 e. The first kappa shape index (κ1) is 21.5. The van der Waals surface area contributed by atoms with Crippen LogP contribution < -0.4 is 4.74 Å². The zero-order valence-electron chi connectivity index (χ0n) is 16.8. The van der Waals surface area contributed by atoms with Crippen LogP contribution in [-0.2, 0) is 4.79 Å². The van der Waals surface area contributed by atoms with Crippen molar-refractivity contribution in [2.75, 3.05) is 6.61 Å². The third-order valence-corrected chi connectivity index (χ3v) is 6.14. The van der Waals surface area contributed by atoms with Gasteiger partial charge in [-0.1, -0.05) is 41.4 Å². The zero-order chi connectivity index (χ0) is 22.9. The number of hydrogen-bond donors (Lipinski definition) is 1. The van der Waals surface area contributed by atoms with Crippen LogP contribution in [0.4, 0.5) is 0 Å². The second-order valence-corrected chi connectivity index (χ2v) is 8.83. The number of carbonyl (C=O) groups excluding carboxylic acids is 1. The number of furan rings is 1. The van der Waals surface area contributed by atoms with Crippen molar-refractivity contribution in [2.24, 2.45) is 10.1 Å². The van der Waals surface area contributed by atoms with Gasteiger partial charge in [0.2, 0.25) is 5.17 Å². The number of hydrazone groups is 1. The maximum absolute atomic E-state index is 12.6. The highest BCUT2D eigenvalue weighted by molar-refractivity contribution is 8.27. The van der Waals surface area contributed by atoms with Gasteiger partial charge in [0, 0.05) is 10.6 Å². The van der Waals surface area contributed by atoms with E-state index in [0.717, 1.165) is 0 Å². The van der Waals surface area contributed by atoms with Crippen LogP contribution >= 0.6 is 35.0 Å². The van der Waals surface area contributed by atoms with Crippen LogP contribution in [0.3, 0.4) is 0 Å². The number of thioether (sulfide) groups is 1. The molecule has 7 nitrogen and oxygen atoms in total. The molecular formula is C23H14Cl2N4O3S. The Morgan fingerprint density at radius 2 is 1.94 bits per heavy atom. The summed E-state index contributed by atoms with van der Waals surface area (Å²) >= 11 is 13.4. The molecule has 33 heavy (non-hydrogen) atoms. The van der Waals surface area contributed by atoms with Gasteiger partial charge in [-0.15, -0.1) is 0 Å². The van der Waals surface area contributed by atoms with Crippen molar-refractivity contribution in [1.29, 1.82) is 5.41 Å². The number of amides is 1. The Balaban J connectivity index is 1.35. The highest BCUT2D eigenvalue weighted by atomic mass is 35.5. The SMILES string of the molecule is N=C1C(=Cc2ccc(-c3ccc(Cl)cc3Cl)o2)C(=O)N=C2SC(COc3ccccc3)=NN12. The third-order valence-electron chi connectivity index (χ3n) is 4.71. The lowest BCUT2D eigenvalue weighted by Gasteiger charge is -2.19. The van der Waals surface area contributed by atoms with Crippen LogP contribution in [0.1, 0.15) is 5.76 Å². The summed E-state index contributed by atoms with van der Waals surface area (Å²) in [6.07, 6.45) is 1.47. The van der Waals surface area contributed by atoms with E-state index >= 15 is 0 Å². The fraction of sp³-hybridized carbons (Fsp3) is 0.0435. The minimum Gasteiger partial charge on any atom is -0.487 e. The quantitative estimate of drug-likeness (QED) is 0.440. The van der Waals surface area contributed by atoms with E-state index in [9.17, 15) is 4.79 Å².